The van der Waals surface area contributed by atoms with Gasteiger partial charge in [-0.2, -0.15) is 0 Å². The molecular formula is C25H34N8O. The smallest absolute Gasteiger partial charge is 0.254 e. The second-order valence-corrected chi connectivity index (χ2v) is 9.81. The minimum atomic E-state index is -0.290. The van der Waals surface area contributed by atoms with Crippen LogP contribution in [0.25, 0.3) is 11.3 Å². The Labute approximate surface area is 200 Å². The molecule has 34 heavy (non-hydrogen) atoms. The van der Waals surface area contributed by atoms with Crippen molar-refractivity contribution in [2.45, 2.75) is 44.8 Å². The summed E-state index contributed by atoms with van der Waals surface area (Å²) in [5.41, 5.74) is 3.58. The van der Waals surface area contributed by atoms with Gasteiger partial charge in [0.1, 0.15) is 11.9 Å². The SMILES string of the molecule is CC(n1cc(-c2cncc(N(C)C)c2)nn1)n1ccc(N2CCC[C@@H](NCC3CC3)C2)cc1=O. The van der Waals surface area contributed by atoms with E-state index < -0.39 is 0 Å². The molecule has 3 aromatic heterocycles. The van der Waals surface area contributed by atoms with Crippen LogP contribution in [-0.4, -0.2) is 64.3 Å². The molecule has 0 aromatic carbocycles. The van der Waals surface area contributed by atoms with Crippen molar-refractivity contribution in [3.8, 4) is 11.3 Å². The largest absolute Gasteiger partial charge is 0.376 e. The van der Waals surface area contributed by atoms with Gasteiger partial charge in [-0.25, -0.2) is 4.68 Å². The summed E-state index contributed by atoms with van der Waals surface area (Å²) < 4.78 is 3.42. The van der Waals surface area contributed by atoms with Gasteiger partial charge in [0.2, 0.25) is 0 Å². The van der Waals surface area contributed by atoms with Crippen LogP contribution in [0.15, 0.2) is 47.8 Å². The van der Waals surface area contributed by atoms with E-state index in [1.54, 1.807) is 21.5 Å². The van der Waals surface area contributed by atoms with Crippen molar-refractivity contribution >= 4 is 11.4 Å². The number of aromatic nitrogens is 5. The van der Waals surface area contributed by atoms with Gasteiger partial charge in [0.05, 0.1) is 18.1 Å². The summed E-state index contributed by atoms with van der Waals surface area (Å²) >= 11 is 0. The monoisotopic (exact) mass is 462 g/mol. The Morgan fingerprint density at radius 3 is 2.82 bits per heavy atom. The number of rotatable bonds is 8. The second-order valence-electron chi connectivity index (χ2n) is 9.81. The third-order valence-electron chi connectivity index (χ3n) is 6.94. The highest BCUT2D eigenvalue weighted by atomic mass is 16.1. The highest BCUT2D eigenvalue weighted by molar-refractivity contribution is 5.62. The molecule has 2 atom stereocenters. The van der Waals surface area contributed by atoms with Crippen molar-refractivity contribution in [3.05, 3.63) is 53.3 Å². The van der Waals surface area contributed by atoms with Crippen LogP contribution in [0.1, 0.15) is 38.8 Å². The molecule has 2 fully saturated rings. The molecule has 1 N–H and O–H groups in total. The maximum atomic E-state index is 13.0. The van der Waals surface area contributed by atoms with Crippen LogP contribution in [0.4, 0.5) is 11.4 Å². The molecule has 1 aliphatic carbocycles. The molecule has 180 valence electrons. The Balaban J connectivity index is 1.29. The Kier molecular flexibility index (Phi) is 6.36. The molecule has 9 heteroatoms. The highest BCUT2D eigenvalue weighted by Gasteiger charge is 2.25. The van der Waals surface area contributed by atoms with E-state index in [2.05, 4.69) is 25.5 Å². The molecule has 9 nitrogen and oxygen atoms in total. The van der Waals surface area contributed by atoms with Gasteiger partial charge in [0.25, 0.3) is 5.56 Å². The molecule has 1 aliphatic heterocycles. The van der Waals surface area contributed by atoms with Crippen molar-refractivity contribution in [2.24, 2.45) is 5.92 Å². The first-order valence-corrected chi connectivity index (χ1v) is 12.2. The van der Waals surface area contributed by atoms with Crippen LogP contribution >= 0.6 is 0 Å². The molecular weight excluding hydrogens is 428 g/mol. The number of piperidine rings is 1. The van der Waals surface area contributed by atoms with Gasteiger partial charge in [-0.1, -0.05) is 5.21 Å². The van der Waals surface area contributed by atoms with Crippen LogP contribution < -0.4 is 20.7 Å². The third kappa shape index (κ3) is 4.99. The third-order valence-corrected chi connectivity index (χ3v) is 6.94. The number of nitrogens with zero attached hydrogens (tertiary/aromatic N) is 7. The van der Waals surface area contributed by atoms with Crippen molar-refractivity contribution in [1.29, 1.82) is 0 Å². The zero-order valence-electron chi connectivity index (χ0n) is 20.3. The van der Waals surface area contributed by atoms with Crippen LogP contribution in [0.5, 0.6) is 0 Å². The van der Waals surface area contributed by atoms with Crippen molar-refractivity contribution in [3.63, 3.8) is 0 Å². The average molecular weight is 463 g/mol. The van der Waals surface area contributed by atoms with E-state index in [0.717, 1.165) is 54.6 Å². The molecule has 5 rings (SSSR count). The zero-order chi connectivity index (χ0) is 23.7. The van der Waals surface area contributed by atoms with Crippen LogP contribution in [0.2, 0.25) is 0 Å². The fraction of sp³-hybridized carbons (Fsp3) is 0.520. The molecule has 4 heterocycles. The van der Waals surface area contributed by atoms with Gasteiger partial charge < -0.3 is 15.1 Å². The summed E-state index contributed by atoms with van der Waals surface area (Å²) in [5.74, 6) is 0.881. The molecule has 2 aliphatic rings. The number of anilines is 2. The van der Waals surface area contributed by atoms with Gasteiger partial charge in [-0.05, 0) is 57.2 Å². The number of hydrogen-bond donors (Lipinski definition) is 1. The summed E-state index contributed by atoms with van der Waals surface area (Å²) in [5, 5.41) is 12.3. The second kappa shape index (κ2) is 9.58. The molecule has 0 amide bonds. The van der Waals surface area contributed by atoms with E-state index in [1.807, 2.05) is 56.6 Å². The molecule has 1 saturated carbocycles. The van der Waals surface area contributed by atoms with Crippen molar-refractivity contribution < 1.29 is 0 Å². The molecule has 1 unspecified atom stereocenters. The lowest BCUT2D eigenvalue weighted by Gasteiger charge is -2.35. The zero-order valence-corrected chi connectivity index (χ0v) is 20.3. The Hall–Kier alpha value is -3.20. The lowest BCUT2D eigenvalue weighted by Crippen LogP contribution is -2.46. The minimum absolute atomic E-state index is 0.0358. The van der Waals surface area contributed by atoms with Gasteiger partial charge in [0, 0.05) is 62.9 Å². The molecule has 0 radical (unpaired) electrons. The quantitative estimate of drug-likeness (QED) is 0.551. The average Bonchev–Trinajstić information content (AvgIpc) is 3.56. The topological polar surface area (TPSA) is 84.1 Å². The lowest BCUT2D eigenvalue weighted by atomic mass is 10.0. The summed E-state index contributed by atoms with van der Waals surface area (Å²) in [7, 11) is 3.95. The predicted molar refractivity (Wildman–Crippen MR) is 134 cm³/mol. The standard InChI is InChI=1S/C25H34N8O/c1-18(33-17-24(28-29-33)20-11-23(30(2)3)15-26-14-20)32-10-8-22(12-25(32)34)31-9-4-5-21(16-31)27-13-19-6-7-19/h8,10-12,14-15,17-19,21,27H,4-7,9,13,16H2,1-3H3/t18?,21-/m1/s1. The number of nitrogens with one attached hydrogen (secondary N) is 1. The fourth-order valence-electron chi connectivity index (χ4n) is 4.55. The molecule has 3 aromatic rings. The highest BCUT2D eigenvalue weighted by Crippen LogP contribution is 2.28. The maximum Gasteiger partial charge on any atom is 0.254 e. The van der Waals surface area contributed by atoms with Gasteiger partial charge in [-0.3, -0.25) is 14.3 Å². The fourth-order valence-corrected chi connectivity index (χ4v) is 4.55. The first kappa shape index (κ1) is 22.6. The Bertz CT molecular complexity index is 1180. The van der Waals surface area contributed by atoms with Gasteiger partial charge >= 0.3 is 0 Å². The normalized spacial score (nSPS) is 19.3. The Morgan fingerprint density at radius 1 is 1.21 bits per heavy atom. The van der Waals surface area contributed by atoms with Crippen molar-refractivity contribution in [1.82, 2.24) is 29.9 Å². The van der Waals surface area contributed by atoms with E-state index in [-0.39, 0.29) is 11.7 Å². The van der Waals surface area contributed by atoms with Crippen LogP contribution in [-0.2, 0) is 0 Å². The maximum absolute atomic E-state index is 13.0. The number of pyridine rings is 2. The summed E-state index contributed by atoms with van der Waals surface area (Å²) in [6.07, 6.45) is 12.1. The van der Waals surface area contributed by atoms with Crippen LogP contribution in [0, 0.1) is 5.92 Å². The van der Waals surface area contributed by atoms with E-state index in [9.17, 15) is 4.79 Å². The lowest BCUT2D eigenvalue weighted by molar-refractivity contribution is 0.403. The van der Waals surface area contributed by atoms with E-state index in [4.69, 9.17) is 0 Å². The number of hydrogen-bond acceptors (Lipinski definition) is 7. The van der Waals surface area contributed by atoms with E-state index in [0.29, 0.717) is 6.04 Å². The van der Waals surface area contributed by atoms with E-state index in [1.165, 1.54) is 19.3 Å². The molecule has 0 bridgehead atoms. The van der Waals surface area contributed by atoms with Crippen LogP contribution in [0.3, 0.4) is 0 Å². The summed E-state index contributed by atoms with van der Waals surface area (Å²) in [6.45, 7) is 5.03. The molecule has 0 spiro atoms. The summed E-state index contributed by atoms with van der Waals surface area (Å²) in [4.78, 5) is 21.7. The summed E-state index contributed by atoms with van der Waals surface area (Å²) in [6, 6.07) is 6.33. The van der Waals surface area contributed by atoms with Crippen molar-refractivity contribution in [2.75, 3.05) is 43.5 Å². The minimum Gasteiger partial charge on any atom is -0.376 e. The Morgan fingerprint density at radius 2 is 2.06 bits per heavy atom. The molecule has 1 saturated heterocycles. The predicted octanol–water partition coefficient (Wildman–Crippen LogP) is 2.60. The first-order chi connectivity index (χ1) is 16.5. The first-order valence-electron chi connectivity index (χ1n) is 12.2. The van der Waals surface area contributed by atoms with Gasteiger partial charge in [0.15, 0.2) is 0 Å². The van der Waals surface area contributed by atoms with Gasteiger partial charge in [-0.15, -0.1) is 5.10 Å². The van der Waals surface area contributed by atoms with E-state index >= 15 is 0 Å².